The molecule has 132 valence electrons. The second kappa shape index (κ2) is 6.33. The van der Waals surface area contributed by atoms with Crippen LogP contribution in [0.25, 0.3) is 0 Å². The van der Waals surface area contributed by atoms with Gasteiger partial charge in [0.1, 0.15) is 5.75 Å². The third-order valence-corrected chi connectivity index (χ3v) is 4.27. The largest absolute Gasteiger partial charge is 0.454 e. The number of aliphatic imine (C=N–C) groups is 1. The van der Waals surface area contributed by atoms with Crippen LogP contribution in [0.2, 0.25) is 0 Å². The Balaban J connectivity index is 1.69. The van der Waals surface area contributed by atoms with Crippen LogP contribution in [0.1, 0.15) is 25.8 Å². The molecule has 0 bridgehead atoms. The predicted molar refractivity (Wildman–Crippen MR) is 84.7 cm³/mol. The molecule has 1 unspecified atom stereocenters. The molecule has 1 atom stereocenters. The summed E-state index contributed by atoms with van der Waals surface area (Å²) in [5, 5.41) is 6.42. The summed E-state index contributed by atoms with van der Waals surface area (Å²) in [4.78, 5) is 4.16. The third-order valence-electron chi connectivity index (χ3n) is 4.27. The maximum Gasteiger partial charge on any atom is 0.387 e. The van der Waals surface area contributed by atoms with Crippen molar-refractivity contribution in [3.8, 4) is 17.2 Å². The maximum atomic E-state index is 12.6. The molecule has 1 aromatic carbocycles. The third kappa shape index (κ3) is 3.63. The van der Waals surface area contributed by atoms with Crippen molar-refractivity contribution in [3.05, 3.63) is 17.7 Å². The molecular formula is C16H21F2N3O3. The van der Waals surface area contributed by atoms with Crippen molar-refractivity contribution in [2.45, 2.75) is 39.5 Å². The van der Waals surface area contributed by atoms with Crippen LogP contribution in [-0.4, -0.2) is 32.5 Å². The monoisotopic (exact) mass is 341 g/mol. The Bertz CT molecular complexity index is 650. The Morgan fingerprint density at radius 2 is 2.04 bits per heavy atom. The fraction of sp³-hybridized carbons (Fsp3) is 0.562. The quantitative estimate of drug-likeness (QED) is 0.636. The molecule has 0 radical (unpaired) electrons. The topological polar surface area (TPSA) is 64.1 Å². The Kier molecular flexibility index (Phi) is 4.38. The lowest BCUT2D eigenvalue weighted by Crippen LogP contribution is -2.39. The Morgan fingerprint density at radius 1 is 1.38 bits per heavy atom. The standard InChI is InChI=1S/C16H21F2N3O3/c1-16(2)6-13(16)21-15(19-3)20-7-9-4-11-12(23-8-22-11)5-10(9)24-14(17)18/h4-5,13-14H,6-8H2,1-3H3,(H2,19,20,21). The van der Waals surface area contributed by atoms with E-state index in [1.54, 1.807) is 13.1 Å². The molecule has 0 saturated heterocycles. The molecule has 24 heavy (non-hydrogen) atoms. The molecule has 1 fully saturated rings. The lowest BCUT2D eigenvalue weighted by atomic mass is 10.1. The molecule has 1 aromatic rings. The zero-order valence-electron chi connectivity index (χ0n) is 13.9. The SMILES string of the molecule is CN=C(NCc1cc2c(cc1OC(F)F)OCO2)NC1CC1(C)C. The molecule has 0 amide bonds. The van der Waals surface area contributed by atoms with E-state index in [1.165, 1.54) is 6.07 Å². The van der Waals surface area contributed by atoms with Crippen LogP contribution in [0, 0.1) is 5.41 Å². The number of guanidine groups is 1. The molecule has 1 aliphatic heterocycles. The van der Waals surface area contributed by atoms with E-state index in [0.29, 0.717) is 29.1 Å². The summed E-state index contributed by atoms with van der Waals surface area (Å²) >= 11 is 0. The van der Waals surface area contributed by atoms with Crippen LogP contribution in [0.4, 0.5) is 8.78 Å². The molecule has 0 spiro atoms. The lowest BCUT2D eigenvalue weighted by molar-refractivity contribution is -0.0505. The van der Waals surface area contributed by atoms with E-state index in [1.807, 2.05) is 0 Å². The van der Waals surface area contributed by atoms with Crippen molar-refractivity contribution >= 4 is 5.96 Å². The smallest absolute Gasteiger partial charge is 0.387 e. The molecule has 8 heteroatoms. The van der Waals surface area contributed by atoms with Crippen molar-refractivity contribution in [1.82, 2.24) is 10.6 Å². The molecule has 3 rings (SSSR count). The van der Waals surface area contributed by atoms with Gasteiger partial charge in [0.05, 0.1) is 0 Å². The van der Waals surface area contributed by atoms with E-state index >= 15 is 0 Å². The van der Waals surface area contributed by atoms with Crippen molar-refractivity contribution in [2.75, 3.05) is 13.8 Å². The van der Waals surface area contributed by atoms with Gasteiger partial charge in [-0.1, -0.05) is 13.8 Å². The van der Waals surface area contributed by atoms with E-state index < -0.39 is 6.61 Å². The van der Waals surface area contributed by atoms with Crippen LogP contribution in [0.15, 0.2) is 17.1 Å². The Hall–Kier alpha value is -2.25. The number of fused-ring (bicyclic) bond motifs is 1. The van der Waals surface area contributed by atoms with Gasteiger partial charge in [0.2, 0.25) is 6.79 Å². The van der Waals surface area contributed by atoms with E-state index in [4.69, 9.17) is 9.47 Å². The molecule has 2 N–H and O–H groups in total. The normalized spacial score (nSPS) is 20.9. The molecule has 6 nitrogen and oxygen atoms in total. The number of ether oxygens (including phenoxy) is 3. The van der Waals surface area contributed by atoms with Crippen LogP contribution < -0.4 is 24.8 Å². The van der Waals surface area contributed by atoms with Gasteiger partial charge in [0.25, 0.3) is 0 Å². The predicted octanol–water partition coefficient (Wildman–Crippen LogP) is 2.48. The second-order valence-electron chi connectivity index (χ2n) is 6.51. The first-order valence-corrected chi connectivity index (χ1v) is 7.73. The fourth-order valence-corrected chi connectivity index (χ4v) is 2.56. The minimum Gasteiger partial charge on any atom is -0.454 e. The van der Waals surface area contributed by atoms with Gasteiger partial charge >= 0.3 is 6.61 Å². The number of nitrogens with one attached hydrogen (secondary N) is 2. The van der Waals surface area contributed by atoms with Gasteiger partial charge in [-0.3, -0.25) is 4.99 Å². The van der Waals surface area contributed by atoms with Crippen LogP contribution in [0.5, 0.6) is 17.2 Å². The highest BCUT2D eigenvalue weighted by molar-refractivity contribution is 5.80. The summed E-state index contributed by atoms with van der Waals surface area (Å²) in [5.41, 5.74) is 0.790. The number of alkyl halides is 2. The van der Waals surface area contributed by atoms with Crippen molar-refractivity contribution < 1.29 is 23.0 Å². The van der Waals surface area contributed by atoms with Crippen LogP contribution in [-0.2, 0) is 6.54 Å². The summed E-state index contributed by atoms with van der Waals surface area (Å²) in [5.74, 6) is 1.59. The zero-order valence-corrected chi connectivity index (χ0v) is 13.9. The van der Waals surface area contributed by atoms with Gasteiger partial charge in [-0.2, -0.15) is 8.78 Å². The van der Waals surface area contributed by atoms with Gasteiger partial charge in [-0.25, -0.2) is 0 Å². The van der Waals surface area contributed by atoms with E-state index in [0.717, 1.165) is 6.42 Å². The average Bonchev–Trinajstić information content (AvgIpc) is 2.91. The summed E-state index contributed by atoms with van der Waals surface area (Å²) < 4.78 is 40.4. The number of halogens is 2. The molecular weight excluding hydrogens is 320 g/mol. The second-order valence-corrected chi connectivity index (χ2v) is 6.51. The molecule has 1 heterocycles. The zero-order chi connectivity index (χ0) is 17.3. The summed E-state index contributed by atoms with van der Waals surface area (Å²) in [6.45, 7) is 1.77. The van der Waals surface area contributed by atoms with Crippen molar-refractivity contribution in [1.29, 1.82) is 0 Å². The average molecular weight is 341 g/mol. The van der Waals surface area contributed by atoms with E-state index in [2.05, 4.69) is 34.2 Å². The first-order valence-electron chi connectivity index (χ1n) is 7.73. The number of hydrogen-bond acceptors (Lipinski definition) is 4. The fourth-order valence-electron chi connectivity index (χ4n) is 2.56. The summed E-state index contributed by atoms with van der Waals surface area (Å²) in [6, 6.07) is 3.42. The number of nitrogens with zero attached hydrogens (tertiary/aromatic N) is 1. The summed E-state index contributed by atoms with van der Waals surface area (Å²) in [6.07, 6.45) is 1.07. The Labute approximate surface area is 139 Å². The molecule has 1 saturated carbocycles. The maximum absolute atomic E-state index is 12.6. The van der Waals surface area contributed by atoms with E-state index in [9.17, 15) is 8.78 Å². The number of hydrogen-bond donors (Lipinski definition) is 2. The highest BCUT2D eigenvalue weighted by atomic mass is 19.3. The highest BCUT2D eigenvalue weighted by Crippen LogP contribution is 2.44. The van der Waals surface area contributed by atoms with Crippen LogP contribution in [0.3, 0.4) is 0 Å². The Morgan fingerprint density at radius 3 is 2.62 bits per heavy atom. The first-order chi connectivity index (χ1) is 11.4. The number of benzene rings is 1. The molecule has 1 aliphatic carbocycles. The molecule has 2 aliphatic rings. The van der Waals surface area contributed by atoms with Gasteiger partial charge in [-0.15, -0.1) is 0 Å². The minimum absolute atomic E-state index is 0.0592. The first kappa shape index (κ1) is 16.6. The van der Waals surface area contributed by atoms with Crippen LogP contribution >= 0.6 is 0 Å². The van der Waals surface area contributed by atoms with Gasteiger partial charge in [0, 0.05) is 31.3 Å². The minimum atomic E-state index is -2.91. The molecule has 0 aromatic heterocycles. The lowest BCUT2D eigenvalue weighted by Gasteiger charge is -2.16. The van der Waals surface area contributed by atoms with Crippen molar-refractivity contribution in [3.63, 3.8) is 0 Å². The van der Waals surface area contributed by atoms with Gasteiger partial charge < -0.3 is 24.8 Å². The summed E-state index contributed by atoms with van der Waals surface area (Å²) in [7, 11) is 1.67. The number of rotatable bonds is 5. The van der Waals surface area contributed by atoms with Crippen molar-refractivity contribution in [2.24, 2.45) is 10.4 Å². The highest BCUT2D eigenvalue weighted by Gasteiger charge is 2.46. The van der Waals surface area contributed by atoms with Gasteiger partial charge in [0.15, 0.2) is 17.5 Å². The van der Waals surface area contributed by atoms with E-state index in [-0.39, 0.29) is 24.5 Å². The van der Waals surface area contributed by atoms with Gasteiger partial charge in [-0.05, 0) is 17.9 Å².